The molecule has 0 aliphatic carbocycles. The SMILES string of the molecule is CCOC(=O)CC(O)CN[C@H](C)c1ccncc1. The second-order valence-corrected chi connectivity index (χ2v) is 4.07. The average molecular weight is 252 g/mol. The Labute approximate surface area is 107 Å². The van der Waals surface area contributed by atoms with Crippen LogP contribution in [0, 0.1) is 0 Å². The van der Waals surface area contributed by atoms with Crippen LogP contribution in [-0.4, -0.2) is 35.3 Å². The molecule has 5 nitrogen and oxygen atoms in total. The van der Waals surface area contributed by atoms with Crippen LogP contribution in [-0.2, 0) is 9.53 Å². The maximum Gasteiger partial charge on any atom is 0.308 e. The van der Waals surface area contributed by atoms with Crippen molar-refractivity contribution in [3.05, 3.63) is 30.1 Å². The van der Waals surface area contributed by atoms with Gasteiger partial charge in [0, 0.05) is 25.0 Å². The summed E-state index contributed by atoms with van der Waals surface area (Å²) in [6.07, 6.45) is 2.74. The first kappa shape index (κ1) is 14.6. The van der Waals surface area contributed by atoms with Crippen LogP contribution in [0.2, 0.25) is 0 Å². The molecule has 0 saturated heterocycles. The molecule has 0 aliphatic heterocycles. The molecule has 0 aromatic carbocycles. The molecule has 1 rings (SSSR count). The number of esters is 1. The van der Waals surface area contributed by atoms with Crippen molar-refractivity contribution in [3.63, 3.8) is 0 Å². The van der Waals surface area contributed by atoms with E-state index in [1.807, 2.05) is 19.1 Å². The first-order valence-corrected chi connectivity index (χ1v) is 6.10. The Bertz CT molecular complexity index is 357. The van der Waals surface area contributed by atoms with E-state index in [1.165, 1.54) is 0 Å². The van der Waals surface area contributed by atoms with Gasteiger partial charge in [-0.25, -0.2) is 0 Å². The summed E-state index contributed by atoms with van der Waals surface area (Å²) in [6, 6.07) is 3.93. The number of ether oxygens (including phenoxy) is 1. The molecule has 1 aromatic heterocycles. The van der Waals surface area contributed by atoms with Gasteiger partial charge in [-0.3, -0.25) is 9.78 Å². The first-order chi connectivity index (χ1) is 8.63. The number of carbonyl (C=O) groups is 1. The van der Waals surface area contributed by atoms with E-state index in [-0.39, 0.29) is 18.4 Å². The molecule has 1 unspecified atom stereocenters. The highest BCUT2D eigenvalue weighted by Crippen LogP contribution is 2.10. The minimum atomic E-state index is -0.728. The zero-order chi connectivity index (χ0) is 13.4. The highest BCUT2D eigenvalue weighted by molar-refractivity contribution is 5.69. The monoisotopic (exact) mass is 252 g/mol. The minimum Gasteiger partial charge on any atom is -0.466 e. The number of aliphatic hydroxyl groups excluding tert-OH is 1. The second kappa shape index (κ2) is 7.79. The fourth-order valence-corrected chi connectivity index (χ4v) is 1.57. The summed E-state index contributed by atoms with van der Waals surface area (Å²) >= 11 is 0. The normalized spacial score (nSPS) is 13.9. The van der Waals surface area contributed by atoms with Crippen LogP contribution in [0.25, 0.3) is 0 Å². The molecule has 2 N–H and O–H groups in total. The molecule has 18 heavy (non-hydrogen) atoms. The van der Waals surface area contributed by atoms with Crippen molar-refractivity contribution in [3.8, 4) is 0 Å². The smallest absolute Gasteiger partial charge is 0.308 e. The minimum absolute atomic E-state index is 0.0178. The van der Waals surface area contributed by atoms with Crippen molar-refractivity contribution in [2.45, 2.75) is 32.4 Å². The van der Waals surface area contributed by atoms with Crippen LogP contribution in [0.5, 0.6) is 0 Å². The standard InChI is InChI=1S/C13H20N2O3/c1-3-18-13(17)8-12(16)9-15-10(2)11-4-6-14-7-5-11/h4-7,10,12,15-16H,3,8-9H2,1-2H3/t10-,12?/m1/s1. The molecule has 0 amide bonds. The molecule has 0 fully saturated rings. The number of carbonyl (C=O) groups excluding carboxylic acids is 1. The molecule has 0 aliphatic rings. The zero-order valence-electron chi connectivity index (χ0n) is 10.8. The van der Waals surface area contributed by atoms with Gasteiger partial charge in [0.2, 0.25) is 0 Å². The van der Waals surface area contributed by atoms with Crippen molar-refractivity contribution >= 4 is 5.97 Å². The van der Waals surface area contributed by atoms with Crippen molar-refractivity contribution in [2.75, 3.05) is 13.2 Å². The summed E-state index contributed by atoms with van der Waals surface area (Å²) < 4.78 is 4.77. The Morgan fingerprint density at radius 1 is 1.50 bits per heavy atom. The number of rotatable bonds is 7. The van der Waals surface area contributed by atoms with Crippen molar-refractivity contribution < 1.29 is 14.6 Å². The van der Waals surface area contributed by atoms with Crippen LogP contribution in [0.15, 0.2) is 24.5 Å². The number of aliphatic hydroxyl groups is 1. The molecular formula is C13H20N2O3. The fourth-order valence-electron chi connectivity index (χ4n) is 1.57. The van der Waals surface area contributed by atoms with E-state index in [0.717, 1.165) is 5.56 Å². The van der Waals surface area contributed by atoms with Crippen molar-refractivity contribution in [2.24, 2.45) is 0 Å². The number of hydrogen-bond donors (Lipinski definition) is 2. The Morgan fingerprint density at radius 2 is 2.17 bits per heavy atom. The van der Waals surface area contributed by atoms with Gasteiger partial charge in [-0.2, -0.15) is 0 Å². The lowest BCUT2D eigenvalue weighted by atomic mass is 10.1. The topological polar surface area (TPSA) is 71.5 Å². The van der Waals surface area contributed by atoms with Gasteiger partial charge in [0.1, 0.15) is 0 Å². The number of nitrogens with one attached hydrogen (secondary N) is 1. The molecular weight excluding hydrogens is 232 g/mol. The van der Waals surface area contributed by atoms with Crippen molar-refractivity contribution in [1.82, 2.24) is 10.3 Å². The largest absolute Gasteiger partial charge is 0.466 e. The molecule has 5 heteroatoms. The predicted octanol–water partition coefficient (Wildman–Crippen LogP) is 1.05. The van der Waals surface area contributed by atoms with E-state index in [1.54, 1.807) is 19.3 Å². The molecule has 100 valence electrons. The Morgan fingerprint density at radius 3 is 2.78 bits per heavy atom. The van der Waals surface area contributed by atoms with Gasteiger partial charge < -0.3 is 15.2 Å². The molecule has 0 spiro atoms. The van der Waals surface area contributed by atoms with Gasteiger partial charge in [-0.1, -0.05) is 0 Å². The summed E-state index contributed by atoms with van der Waals surface area (Å²) in [5.41, 5.74) is 1.09. The van der Waals surface area contributed by atoms with Crippen LogP contribution in [0.1, 0.15) is 31.9 Å². The van der Waals surface area contributed by atoms with Gasteiger partial charge >= 0.3 is 5.97 Å². The van der Waals surface area contributed by atoms with E-state index >= 15 is 0 Å². The summed E-state index contributed by atoms with van der Waals surface area (Å²) in [5, 5.41) is 12.8. The Kier molecular flexibility index (Phi) is 6.32. The van der Waals surface area contributed by atoms with Gasteiger partial charge in [0.05, 0.1) is 19.1 Å². The van der Waals surface area contributed by atoms with E-state index in [9.17, 15) is 9.90 Å². The molecule has 0 radical (unpaired) electrons. The Balaban J connectivity index is 2.30. The van der Waals surface area contributed by atoms with Crippen LogP contribution in [0.4, 0.5) is 0 Å². The van der Waals surface area contributed by atoms with E-state index in [2.05, 4.69) is 10.3 Å². The molecule has 1 aromatic rings. The highest BCUT2D eigenvalue weighted by Gasteiger charge is 2.13. The van der Waals surface area contributed by atoms with Crippen LogP contribution < -0.4 is 5.32 Å². The predicted molar refractivity (Wildman–Crippen MR) is 67.9 cm³/mol. The summed E-state index contributed by atoms with van der Waals surface area (Å²) in [5.74, 6) is -0.372. The van der Waals surface area contributed by atoms with Gasteiger partial charge in [0.15, 0.2) is 0 Å². The summed E-state index contributed by atoms with van der Waals surface area (Å²) in [6.45, 7) is 4.43. The van der Waals surface area contributed by atoms with Gasteiger partial charge in [-0.15, -0.1) is 0 Å². The number of pyridine rings is 1. The quantitative estimate of drug-likeness (QED) is 0.710. The number of nitrogens with zero attached hydrogens (tertiary/aromatic N) is 1. The van der Waals surface area contributed by atoms with Gasteiger partial charge in [0.25, 0.3) is 0 Å². The third-order valence-corrected chi connectivity index (χ3v) is 2.57. The summed E-state index contributed by atoms with van der Waals surface area (Å²) in [7, 11) is 0. The van der Waals surface area contributed by atoms with Crippen molar-refractivity contribution in [1.29, 1.82) is 0 Å². The van der Waals surface area contributed by atoms with E-state index in [0.29, 0.717) is 13.2 Å². The van der Waals surface area contributed by atoms with Crippen LogP contribution in [0.3, 0.4) is 0 Å². The highest BCUT2D eigenvalue weighted by atomic mass is 16.5. The average Bonchev–Trinajstić information content (AvgIpc) is 2.37. The third kappa shape index (κ3) is 5.25. The lowest BCUT2D eigenvalue weighted by Crippen LogP contribution is -2.31. The first-order valence-electron chi connectivity index (χ1n) is 6.10. The molecule has 0 saturated carbocycles. The van der Waals surface area contributed by atoms with Crippen LogP contribution >= 0.6 is 0 Å². The lowest BCUT2D eigenvalue weighted by molar-refractivity contribution is -0.145. The second-order valence-electron chi connectivity index (χ2n) is 4.07. The molecule has 2 atom stereocenters. The molecule has 1 heterocycles. The van der Waals surface area contributed by atoms with Gasteiger partial charge in [-0.05, 0) is 31.5 Å². The number of aromatic nitrogens is 1. The van der Waals surface area contributed by atoms with E-state index in [4.69, 9.17) is 4.74 Å². The van der Waals surface area contributed by atoms with E-state index < -0.39 is 6.10 Å². The maximum atomic E-state index is 11.1. The fraction of sp³-hybridized carbons (Fsp3) is 0.538. The lowest BCUT2D eigenvalue weighted by Gasteiger charge is -2.16. The summed E-state index contributed by atoms with van der Waals surface area (Å²) in [4.78, 5) is 15.1. The zero-order valence-corrected chi connectivity index (χ0v) is 10.8. The Hall–Kier alpha value is -1.46. The maximum absolute atomic E-state index is 11.1. The molecule has 0 bridgehead atoms. The number of hydrogen-bond acceptors (Lipinski definition) is 5. The third-order valence-electron chi connectivity index (χ3n) is 2.57.